The third kappa shape index (κ3) is 2.29. The SMILES string of the molecule is CC1=C(C)C(=O)C(Cc2c(O)c3ccccc3oc2=O)=C(C)C1=O. The molecule has 0 atom stereocenters. The molecule has 1 aliphatic carbocycles. The highest BCUT2D eigenvalue weighted by atomic mass is 16.4. The summed E-state index contributed by atoms with van der Waals surface area (Å²) in [7, 11) is 0. The molecule has 1 heterocycles. The van der Waals surface area contributed by atoms with E-state index in [0.717, 1.165) is 0 Å². The Morgan fingerprint density at radius 1 is 0.917 bits per heavy atom. The van der Waals surface area contributed by atoms with Gasteiger partial charge in [0.05, 0.1) is 10.9 Å². The van der Waals surface area contributed by atoms with Crippen molar-refractivity contribution in [2.24, 2.45) is 0 Å². The van der Waals surface area contributed by atoms with E-state index in [1.54, 1.807) is 45.0 Å². The smallest absolute Gasteiger partial charge is 0.343 e. The van der Waals surface area contributed by atoms with Crippen LogP contribution in [0.4, 0.5) is 0 Å². The monoisotopic (exact) mass is 324 g/mol. The van der Waals surface area contributed by atoms with E-state index in [1.165, 1.54) is 0 Å². The van der Waals surface area contributed by atoms with Crippen LogP contribution in [-0.2, 0) is 16.0 Å². The Hall–Kier alpha value is -2.95. The lowest BCUT2D eigenvalue weighted by Crippen LogP contribution is -2.23. The van der Waals surface area contributed by atoms with Crippen molar-refractivity contribution in [3.63, 3.8) is 0 Å². The van der Waals surface area contributed by atoms with Gasteiger partial charge in [-0.15, -0.1) is 0 Å². The first-order chi connectivity index (χ1) is 11.3. The third-order valence-electron chi connectivity index (χ3n) is 4.54. The zero-order valence-electron chi connectivity index (χ0n) is 13.6. The predicted octanol–water partition coefficient (Wildman–Crippen LogP) is 2.85. The lowest BCUT2D eigenvalue weighted by atomic mass is 9.83. The average molecular weight is 324 g/mol. The molecule has 0 aliphatic heterocycles. The van der Waals surface area contributed by atoms with E-state index in [4.69, 9.17) is 4.42 Å². The molecule has 24 heavy (non-hydrogen) atoms. The Balaban J connectivity index is 2.16. The summed E-state index contributed by atoms with van der Waals surface area (Å²) in [5.74, 6) is -0.713. The number of rotatable bonds is 2. The topological polar surface area (TPSA) is 84.6 Å². The Morgan fingerprint density at radius 2 is 1.54 bits per heavy atom. The second-order valence-electron chi connectivity index (χ2n) is 5.90. The molecule has 0 saturated carbocycles. The minimum atomic E-state index is -0.712. The summed E-state index contributed by atoms with van der Waals surface area (Å²) in [6.07, 6.45) is -0.139. The quantitative estimate of drug-likeness (QED) is 0.678. The summed E-state index contributed by atoms with van der Waals surface area (Å²) >= 11 is 0. The highest BCUT2D eigenvalue weighted by Crippen LogP contribution is 2.31. The molecule has 0 unspecified atom stereocenters. The number of carbonyl (C=O) groups is 2. The van der Waals surface area contributed by atoms with Crippen molar-refractivity contribution in [2.45, 2.75) is 27.2 Å². The summed E-state index contributed by atoms with van der Waals surface area (Å²) in [5, 5.41) is 10.8. The molecule has 5 heteroatoms. The van der Waals surface area contributed by atoms with Gasteiger partial charge in [0.15, 0.2) is 11.6 Å². The Bertz CT molecular complexity index is 1020. The zero-order valence-corrected chi connectivity index (χ0v) is 13.6. The number of aromatic hydroxyl groups is 1. The van der Waals surface area contributed by atoms with E-state index >= 15 is 0 Å². The van der Waals surface area contributed by atoms with Crippen LogP contribution in [0.1, 0.15) is 26.3 Å². The normalized spacial score (nSPS) is 15.6. The van der Waals surface area contributed by atoms with Crippen molar-refractivity contribution >= 4 is 22.5 Å². The summed E-state index contributed by atoms with van der Waals surface area (Å²) in [6.45, 7) is 4.76. The average Bonchev–Trinajstić information content (AvgIpc) is 2.57. The fourth-order valence-corrected chi connectivity index (χ4v) is 2.87. The molecule has 1 N–H and O–H groups in total. The van der Waals surface area contributed by atoms with E-state index in [-0.39, 0.29) is 40.5 Å². The summed E-state index contributed by atoms with van der Waals surface area (Å²) < 4.78 is 5.21. The van der Waals surface area contributed by atoms with Gasteiger partial charge in [-0.2, -0.15) is 0 Å². The Morgan fingerprint density at radius 3 is 2.25 bits per heavy atom. The molecule has 1 aromatic heterocycles. The van der Waals surface area contributed by atoms with Crippen LogP contribution in [0.3, 0.4) is 0 Å². The Kier molecular flexibility index (Phi) is 3.72. The number of allylic oxidation sites excluding steroid dienone is 4. The number of Topliss-reactive ketones (excluding diaryl/α,β-unsaturated/α-hetero) is 2. The molecule has 0 radical (unpaired) electrons. The zero-order chi connectivity index (χ0) is 17.6. The van der Waals surface area contributed by atoms with Gasteiger partial charge in [0, 0.05) is 28.7 Å². The maximum absolute atomic E-state index is 12.5. The summed E-state index contributed by atoms with van der Waals surface area (Å²) in [6, 6.07) is 6.61. The molecule has 122 valence electrons. The van der Waals surface area contributed by atoms with Gasteiger partial charge in [0.25, 0.3) is 0 Å². The van der Waals surface area contributed by atoms with Gasteiger partial charge in [0.2, 0.25) is 0 Å². The van der Waals surface area contributed by atoms with Crippen molar-refractivity contribution in [2.75, 3.05) is 0 Å². The van der Waals surface area contributed by atoms with E-state index in [1.807, 2.05) is 0 Å². The number of para-hydroxylation sites is 1. The van der Waals surface area contributed by atoms with Crippen LogP contribution < -0.4 is 5.63 Å². The first kappa shape index (κ1) is 15.9. The molecule has 1 aliphatic rings. The fourth-order valence-electron chi connectivity index (χ4n) is 2.87. The molecular weight excluding hydrogens is 308 g/mol. The van der Waals surface area contributed by atoms with Crippen LogP contribution in [0.5, 0.6) is 5.75 Å². The maximum Gasteiger partial charge on any atom is 0.343 e. The van der Waals surface area contributed by atoms with Gasteiger partial charge in [-0.25, -0.2) is 4.79 Å². The number of benzene rings is 1. The van der Waals surface area contributed by atoms with Crippen LogP contribution in [0.25, 0.3) is 11.0 Å². The largest absolute Gasteiger partial charge is 0.507 e. The molecular formula is C19H16O5. The summed E-state index contributed by atoms with van der Waals surface area (Å²) in [5.41, 5.74) is 0.844. The Labute approximate surface area is 137 Å². The lowest BCUT2D eigenvalue weighted by molar-refractivity contribution is -0.116. The number of hydrogen-bond donors (Lipinski definition) is 1. The molecule has 5 nitrogen and oxygen atoms in total. The predicted molar refractivity (Wildman–Crippen MR) is 88.9 cm³/mol. The highest BCUT2D eigenvalue weighted by Gasteiger charge is 2.29. The van der Waals surface area contributed by atoms with Crippen LogP contribution in [0, 0.1) is 0 Å². The van der Waals surface area contributed by atoms with Gasteiger partial charge < -0.3 is 9.52 Å². The van der Waals surface area contributed by atoms with Gasteiger partial charge in [-0.1, -0.05) is 12.1 Å². The van der Waals surface area contributed by atoms with E-state index in [2.05, 4.69) is 0 Å². The molecule has 3 rings (SSSR count). The van der Waals surface area contributed by atoms with E-state index in [0.29, 0.717) is 22.1 Å². The van der Waals surface area contributed by atoms with Crippen LogP contribution in [-0.4, -0.2) is 16.7 Å². The number of carbonyl (C=O) groups excluding carboxylic acids is 2. The minimum Gasteiger partial charge on any atom is -0.507 e. The molecule has 0 spiro atoms. The minimum absolute atomic E-state index is 0.0171. The number of hydrogen-bond acceptors (Lipinski definition) is 5. The number of fused-ring (bicyclic) bond motifs is 1. The molecule has 2 aromatic rings. The summed E-state index contributed by atoms with van der Waals surface area (Å²) in [4.78, 5) is 36.9. The van der Waals surface area contributed by atoms with Crippen molar-refractivity contribution in [1.82, 2.24) is 0 Å². The molecule has 0 fully saturated rings. The van der Waals surface area contributed by atoms with Gasteiger partial charge in [0.1, 0.15) is 11.3 Å². The molecule has 0 amide bonds. The van der Waals surface area contributed by atoms with E-state index < -0.39 is 5.63 Å². The first-order valence-electron chi connectivity index (χ1n) is 7.53. The van der Waals surface area contributed by atoms with Crippen molar-refractivity contribution in [1.29, 1.82) is 0 Å². The standard InChI is InChI=1S/C19H16O5/c1-9-10(2)17(21)13(11(3)16(9)20)8-14-18(22)12-6-4-5-7-15(12)24-19(14)23/h4-7,22H,8H2,1-3H3. The van der Waals surface area contributed by atoms with Crippen LogP contribution in [0.2, 0.25) is 0 Å². The molecule has 0 bridgehead atoms. The van der Waals surface area contributed by atoms with Crippen molar-refractivity contribution in [3.8, 4) is 5.75 Å². The van der Waals surface area contributed by atoms with Crippen LogP contribution in [0.15, 0.2) is 55.8 Å². The molecule has 1 aromatic carbocycles. The second kappa shape index (κ2) is 5.60. The van der Waals surface area contributed by atoms with Crippen molar-refractivity contribution in [3.05, 3.63) is 62.5 Å². The van der Waals surface area contributed by atoms with Crippen LogP contribution >= 0.6 is 0 Å². The first-order valence-corrected chi connectivity index (χ1v) is 7.53. The van der Waals surface area contributed by atoms with Crippen molar-refractivity contribution < 1.29 is 19.1 Å². The maximum atomic E-state index is 12.5. The van der Waals surface area contributed by atoms with Gasteiger partial charge in [-0.3, -0.25) is 9.59 Å². The molecule has 0 saturated heterocycles. The van der Waals surface area contributed by atoms with E-state index in [9.17, 15) is 19.5 Å². The van der Waals surface area contributed by atoms with Gasteiger partial charge >= 0.3 is 5.63 Å². The fraction of sp³-hybridized carbons (Fsp3) is 0.211. The highest BCUT2D eigenvalue weighted by molar-refractivity contribution is 6.24. The second-order valence-corrected chi connectivity index (χ2v) is 5.90. The third-order valence-corrected chi connectivity index (χ3v) is 4.54. The lowest BCUT2D eigenvalue weighted by Gasteiger charge is -2.18. The van der Waals surface area contributed by atoms with Gasteiger partial charge in [-0.05, 0) is 32.9 Å². The number of ketones is 2.